The molecule has 0 aliphatic carbocycles. The lowest BCUT2D eigenvalue weighted by atomic mass is 10.0. The van der Waals surface area contributed by atoms with E-state index in [4.69, 9.17) is 0 Å². The van der Waals surface area contributed by atoms with Crippen LogP contribution in [0, 0.1) is 6.92 Å². The van der Waals surface area contributed by atoms with Gasteiger partial charge in [0.25, 0.3) is 0 Å². The fraction of sp³-hybridized carbons (Fsp3) is 0.0476. The topological polar surface area (TPSA) is 34.1 Å². The van der Waals surface area contributed by atoms with Gasteiger partial charge in [0.1, 0.15) is 0 Å². The summed E-state index contributed by atoms with van der Waals surface area (Å²) in [4.78, 5) is 23.6. The predicted octanol–water partition coefficient (Wildman–Crippen LogP) is 4.75. The number of Topliss-reactive ketones (excluding diaryl/α,β-unsaturated/α-hetero) is 2. The van der Waals surface area contributed by atoms with Crippen molar-refractivity contribution in [3.05, 3.63) is 108 Å². The number of ketones is 2. The van der Waals surface area contributed by atoms with E-state index in [0.717, 1.165) is 0 Å². The minimum atomic E-state index is -0.466. The SMILES string of the molecule is Cc1ccccc1.O=C(C(=O)c1ccccc1)c1ccccc1. The Kier molecular flexibility index (Phi) is 6.01. The van der Waals surface area contributed by atoms with Crippen LogP contribution in [0.15, 0.2) is 91.0 Å². The molecule has 0 atom stereocenters. The lowest BCUT2D eigenvalue weighted by Gasteiger charge is -1.99. The maximum absolute atomic E-state index is 11.8. The summed E-state index contributed by atoms with van der Waals surface area (Å²) in [5, 5.41) is 0. The standard InChI is InChI=1S/C14H10O2.C7H8/c15-13(11-7-3-1-4-8-11)14(16)12-9-5-2-6-10-12;1-7-5-3-2-4-6-7/h1-10H;2-6H,1H3. The molecule has 0 heterocycles. The Morgan fingerprint density at radius 3 is 1.09 bits per heavy atom. The Morgan fingerprint density at radius 1 is 0.522 bits per heavy atom. The normalized spacial score (nSPS) is 9.43. The maximum Gasteiger partial charge on any atom is 0.233 e. The van der Waals surface area contributed by atoms with Crippen LogP contribution in [0.5, 0.6) is 0 Å². The van der Waals surface area contributed by atoms with E-state index in [-0.39, 0.29) is 0 Å². The van der Waals surface area contributed by atoms with Gasteiger partial charge in [-0.1, -0.05) is 96.6 Å². The predicted molar refractivity (Wildman–Crippen MR) is 92.7 cm³/mol. The minimum absolute atomic E-state index is 0.427. The quantitative estimate of drug-likeness (QED) is 0.517. The first-order valence-corrected chi connectivity index (χ1v) is 7.39. The van der Waals surface area contributed by atoms with Crippen molar-refractivity contribution < 1.29 is 9.59 Å². The van der Waals surface area contributed by atoms with Gasteiger partial charge < -0.3 is 0 Å². The Morgan fingerprint density at radius 2 is 0.826 bits per heavy atom. The molecule has 0 spiro atoms. The molecule has 0 amide bonds. The van der Waals surface area contributed by atoms with Crippen LogP contribution >= 0.6 is 0 Å². The van der Waals surface area contributed by atoms with E-state index < -0.39 is 11.6 Å². The third-order valence-corrected chi connectivity index (χ3v) is 3.22. The molecule has 3 aromatic rings. The zero-order valence-corrected chi connectivity index (χ0v) is 13.0. The smallest absolute Gasteiger partial charge is 0.233 e. The van der Waals surface area contributed by atoms with Crippen LogP contribution in [0.3, 0.4) is 0 Å². The first-order chi connectivity index (χ1) is 11.2. The van der Waals surface area contributed by atoms with E-state index in [9.17, 15) is 9.59 Å². The fourth-order valence-electron chi connectivity index (χ4n) is 1.98. The second-order valence-corrected chi connectivity index (χ2v) is 5.04. The first kappa shape index (κ1) is 16.4. The number of aryl methyl sites for hydroxylation is 1. The van der Waals surface area contributed by atoms with Crippen molar-refractivity contribution in [2.45, 2.75) is 6.92 Å². The van der Waals surface area contributed by atoms with Gasteiger partial charge in [-0.15, -0.1) is 0 Å². The molecule has 0 unspecified atom stereocenters. The van der Waals surface area contributed by atoms with Crippen LogP contribution in [0.25, 0.3) is 0 Å². The monoisotopic (exact) mass is 302 g/mol. The van der Waals surface area contributed by atoms with Crippen LogP contribution in [0.1, 0.15) is 26.3 Å². The Hall–Kier alpha value is -3.00. The van der Waals surface area contributed by atoms with E-state index in [1.807, 2.05) is 30.3 Å². The lowest BCUT2D eigenvalue weighted by molar-refractivity contribution is 0.0817. The fourth-order valence-corrected chi connectivity index (χ4v) is 1.98. The zero-order valence-electron chi connectivity index (χ0n) is 13.0. The molecule has 0 fully saturated rings. The summed E-state index contributed by atoms with van der Waals surface area (Å²) < 4.78 is 0. The van der Waals surface area contributed by atoms with Gasteiger partial charge in [-0.25, -0.2) is 0 Å². The van der Waals surface area contributed by atoms with Gasteiger partial charge in [0.05, 0.1) is 0 Å². The molecular weight excluding hydrogens is 284 g/mol. The first-order valence-electron chi connectivity index (χ1n) is 7.39. The van der Waals surface area contributed by atoms with Gasteiger partial charge >= 0.3 is 0 Å². The summed E-state index contributed by atoms with van der Waals surface area (Å²) in [6.45, 7) is 2.08. The average Bonchev–Trinajstić information content (AvgIpc) is 2.63. The summed E-state index contributed by atoms with van der Waals surface area (Å²) in [6.07, 6.45) is 0. The molecule has 0 saturated carbocycles. The Balaban J connectivity index is 0.000000229. The van der Waals surface area contributed by atoms with E-state index in [1.165, 1.54) is 5.56 Å². The lowest BCUT2D eigenvalue weighted by Crippen LogP contribution is -2.14. The second-order valence-electron chi connectivity index (χ2n) is 5.04. The van der Waals surface area contributed by atoms with Crippen LogP contribution in [-0.4, -0.2) is 11.6 Å². The number of carbonyl (C=O) groups excluding carboxylic acids is 2. The molecule has 0 saturated heterocycles. The molecule has 0 aliphatic heterocycles. The van der Waals surface area contributed by atoms with Crippen LogP contribution in [-0.2, 0) is 0 Å². The van der Waals surface area contributed by atoms with E-state index in [0.29, 0.717) is 11.1 Å². The summed E-state index contributed by atoms with van der Waals surface area (Å²) in [7, 11) is 0. The molecule has 3 aromatic carbocycles. The Bertz CT molecular complexity index is 698. The molecular formula is C21H18O2. The molecule has 0 aliphatic rings. The molecule has 2 heteroatoms. The third kappa shape index (κ3) is 5.04. The maximum atomic E-state index is 11.8. The van der Waals surface area contributed by atoms with Crippen molar-refractivity contribution in [1.82, 2.24) is 0 Å². The van der Waals surface area contributed by atoms with Gasteiger partial charge in [-0.05, 0) is 6.92 Å². The number of carbonyl (C=O) groups is 2. The van der Waals surface area contributed by atoms with E-state index >= 15 is 0 Å². The number of hydrogen-bond acceptors (Lipinski definition) is 2. The van der Waals surface area contributed by atoms with E-state index in [2.05, 4.69) is 19.1 Å². The van der Waals surface area contributed by atoms with Crippen molar-refractivity contribution in [3.63, 3.8) is 0 Å². The highest BCUT2D eigenvalue weighted by molar-refractivity contribution is 6.49. The van der Waals surface area contributed by atoms with Gasteiger partial charge in [-0.2, -0.15) is 0 Å². The highest BCUT2D eigenvalue weighted by Crippen LogP contribution is 2.07. The summed E-state index contributed by atoms with van der Waals surface area (Å²) in [6, 6.07) is 27.4. The molecule has 2 nitrogen and oxygen atoms in total. The molecule has 0 bridgehead atoms. The van der Waals surface area contributed by atoms with Crippen LogP contribution in [0.4, 0.5) is 0 Å². The van der Waals surface area contributed by atoms with Gasteiger partial charge in [0, 0.05) is 11.1 Å². The van der Waals surface area contributed by atoms with Gasteiger partial charge in [0.15, 0.2) is 0 Å². The van der Waals surface area contributed by atoms with Crippen LogP contribution < -0.4 is 0 Å². The van der Waals surface area contributed by atoms with Gasteiger partial charge in [-0.3, -0.25) is 9.59 Å². The van der Waals surface area contributed by atoms with Crippen molar-refractivity contribution >= 4 is 11.6 Å². The van der Waals surface area contributed by atoms with E-state index in [1.54, 1.807) is 48.5 Å². The van der Waals surface area contributed by atoms with Crippen molar-refractivity contribution in [2.24, 2.45) is 0 Å². The highest BCUT2D eigenvalue weighted by atomic mass is 16.2. The highest BCUT2D eigenvalue weighted by Gasteiger charge is 2.16. The number of hydrogen-bond donors (Lipinski definition) is 0. The molecule has 0 aromatic heterocycles. The molecule has 23 heavy (non-hydrogen) atoms. The Labute approximate surface area is 136 Å². The van der Waals surface area contributed by atoms with Crippen LogP contribution in [0.2, 0.25) is 0 Å². The zero-order chi connectivity index (χ0) is 16.5. The molecule has 3 rings (SSSR count). The molecule has 114 valence electrons. The third-order valence-electron chi connectivity index (χ3n) is 3.22. The minimum Gasteiger partial charge on any atom is -0.285 e. The largest absolute Gasteiger partial charge is 0.285 e. The molecule has 0 N–H and O–H groups in total. The average molecular weight is 302 g/mol. The van der Waals surface area contributed by atoms with Crippen molar-refractivity contribution in [3.8, 4) is 0 Å². The number of rotatable bonds is 3. The summed E-state index contributed by atoms with van der Waals surface area (Å²) in [5.74, 6) is -0.932. The van der Waals surface area contributed by atoms with Crippen molar-refractivity contribution in [2.75, 3.05) is 0 Å². The second kappa shape index (κ2) is 8.44. The molecule has 0 radical (unpaired) electrons. The van der Waals surface area contributed by atoms with Crippen molar-refractivity contribution in [1.29, 1.82) is 0 Å². The summed E-state index contributed by atoms with van der Waals surface area (Å²) >= 11 is 0. The number of benzene rings is 3. The van der Waals surface area contributed by atoms with Gasteiger partial charge in [0.2, 0.25) is 11.6 Å². The summed E-state index contributed by atoms with van der Waals surface area (Å²) in [5.41, 5.74) is 2.18.